The minimum atomic E-state index is -0.274. The summed E-state index contributed by atoms with van der Waals surface area (Å²) < 4.78 is 11.0. The van der Waals surface area contributed by atoms with E-state index in [1.54, 1.807) is 24.3 Å². The fourth-order valence-electron chi connectivity index (χ4n) is 4.08. The van der Waals surface area contributed by atoms with E-state index in [9.17, 15) is 9.59 Å². The molecule has 33 heavy (non-hydrogen) atoms. The second kappa shape index (κ2) is 11.0. The molecule has 0 aliphatic heterocycles. The average molecular weight is 465 g/mol. The van der Waals surface area contributed by atoms with Gasteiger partial charge in [-0.25, -0.2) is 0 Å². The first-order valence-electron chi connectivity index (χ1n) is 11.2. The highest BCUT2D eigenvalue weighted by Crippen LogP contribution is 2.33. The zero-order chi connectivity index (χ0) is 23.0. The van der Waals surface area contributed by atoms with Crippen LogP contribution < -0.4 is 20.1 Å². The predicted molar refractivity (Wildman–Crippen MR) is 132 cm³/mol. The van der Waals surface area contributed by atoms with E-state index in [1.165, 1.54) is 56.1 Å². The third kappa shape index (κ3) is 6.14. The monoisotopic (exact) mass is 464 g/mol. The van der Waals surface area contributed by atoms with Gasteiger partial charge in [0.05, 0.1) is 17.7 Å². The Balaban J connectivity index is 1.30. The van der Waals surface area contributed by atoms with Gasteiger partial charge in [-0.2, -0.15) is 0 Å². The second-order valence-electron chi connectivity index (χ2n) is 8.09. The Labute approximate surface area is 197 Å². The highest BCUT2D eigenvalue weighted by atomic mass is 32.1. The van der Waals surface area contributed by atoms with E-state index >= 15 is 0 Å². The van der Waals surface area contributed by atoms with Gasteiger partial charge >= 0.3 is 0 Å². The van der Waals surface area contributed by atoms with Crippen LogP contribution in [0.15, 0.2) is 60.0 Å². The molecule has 3 aromatic rings. The lowest BCUT2D eigenvalue weighted by atomic mass is 9.84. The fraction of sp³-hybridized carbons (Fsp3) is 0.308. The van der Waals surface area contributed by atoms with Crippen molar-refractivity contribution in [3.8, 4) is 11.5 Å². The Hall–Kier alpha value is -3.32. The topological polar surface area (TPSA) is 76.7 Å². The molecule has 4 rings (SSSR count). The molecule has 1 aliphatic rings. The van der Waals surface area contributed by atoms with Crippen molar-refractivity contribution in [1.82, 2.24) is 0 Å². The summed E-state index contributed by atoms with van der Waals surface area (Å²) in [6.45, 7) is -0.0953. The van der Waals surface area contributed by atoms with E-state index in [4.69, 9.17) is 9.47 Å². The van der Waals surface area contributed by atoms with Gasteiger partial charge in [0.1, 0.15) is 11.5 Å². The molecular formula is C26H28N2O4S. The van der Waals surface area contributed by atoms with Crippen LogP contribution in [-0.4, -0.2) is 25.5 Å². The van der Waals surface area contributed by atoms with E-state index in [-0.39, 0.29) is 18.4 Å². The predicted octanol–water partition coefficient (Wildman–Crippen LogP) is 6.07. The zero-order valence-corrected chi connectivity index (χ0v) is 19.5. The van der Waals surface area contributed by atoms with Gasteiger partial charge in [-0.1, -0.05) is 37.5 Å². The third-order valence-corrected chi connectivity index (χ3v) is 6.67. The molecule has 0 saturated heterocycles. The molecule has 2 N–H and O–H groups in total. The largest absolute Gasteiger partial charge is 0.494 e. The summed E-state index contributed by atoms with van der Waals surface area (Å²) in [5, 5.41) is 7.48. The van der Waals surface area contributed by atoms with Gasteiger partial charge in [0.2, 0.25) is 0 Å². The van der Waals surface area contributed by atoms with E-state index in [1.807, 2.05) is 23.6 Å². The third-order valence-electron chi connectivity index (χ3n) is 5.81. The lowest BCUT2D eigenvalue weighted by Crippen LogP contribution is -2.20. The van der Waals surface area contributed by atoms with Gasteiger partial charge in [-0.15, -0.1) is 11.3 Å². The van der Waals surface area contributed by atoms with Crippen molar-refractivity contribution in [2.75, 3.05) is 24.4 Å². The maximum Gasteiger partial charge on any atom is 0.265 e. The van der Waals surface area contributed by atoms with Crippen molar-refractivity contribution >= 4 is 34.5 Å². The number of rotatable bonds is 8. The van der Waals surface area contributed by atoms with Gasteiger partial charge in [0.15, 0.2) is 6.61 Å². The minimum absolute atomic E-state index is 0.0953. The molecular weight excluding hydrogens is 436 g/mol. The van der Waals surface area contributed by atoms with E-state index in [0.717, 1.165) is 0 Å². The maximum absolute atomic E-state index is 12.4. The summed E-state index contributed by atoms with van der Waals surface area (Å²) in [7, 11) is 1.52. The van der Waals surface area contributed by atoms with Gasteiger partial charge in [-0.05, 0) is 60.0 Å². The first kappa shape index (κ1) is 22.9. The maximum atomic E-state index is 12.4. The summed E-state index contributed by atoms with van der Waals surface area (Å²) in [6.07, 6.45) is 6.45. The minimum Gasteiger partial charge on any atom is -0.494 e. The Morgan fingerprint density at radius 2 is 1.79 bits per heavy atom. The average Bonchev–Trinajstić information content (AvgIpc) is 3.40. The van der Waals surface area contributed by atoms with Crippen LogP contribution in [0.5, 0.6) is 11.5 Å². The number of carbonyl (C=O) groups excluding carboxylic acids is 2. The second-order valence-corrected chi connectivity index (χ2v) is 9.04. The van der Waals surface area contributed by atoms with Crippen LogP contribution in [0, 0.1) is 0 Å². The Morgan fingerprint density at radius 1 is 1.00 bits per heavy atom. The van der Waals surface area contributed by atoms with Crippen molar-refractivity contribution in [2.45, 2.75) is 38.0 Å². The van der Waals surface area contributed by atoms with Crippen LogP contribution in [0.4, 0.5) is 11.4 Å². The van der Waals surface area contributed by atoms with Gasteiger partial charge in [0.25, 0.3) is 11.8 Å². The van der Waals surface area contributed by atoms with Crippen LogP contribution in [-0.2, 0) is 4.79 Å². The highest BCUT2D eigenvalue weighted by molar-refractivity contribution is 7.12. The number of nitrogens with one attached hydrogen (secondary N) is 2. The van der Waals surface area contributed by atoms with Gasteiger partial charge < -0.3 is 20.1 Å². The van der Waals surface area contributed by atoms with Crippen LogP contribution in [0.2, 0.25) is 0 Å². The van der Waals surface area contributed by atoms with Crippen LogP contribution >= 0.6 is 11.3 Å². The Morgan fingerprint density at radius 3 is 2.48 bits per heavy atom. The molecule has 0 radical (unpaired) electrons. The molecule has 0 spiro atoms. The SMILES string of the molecule is COc1cc(NC(=O)COc2ccc(C3CCCCC3)cc2)ccc1NC(=O)c1cccs1. The summed E-state index contributed by atoms with van der Waals surface area (Å²) in [4.78, 5) is 25.3. The number of ether oxygens (including phenoxy) is 2. The standard InChI is InChI=1S/C26H28N2O4S/c1-31-23-16-20(11-14-22(23)28-26(30)24-8-5-15-33-24)27-25(29)17-32-21-12-9-19(10-13-21)18-6-3-2-4-7-18/h5,8-16,18H,2-4,6-7,17H2,1H3,(H,27,29)(H,28,30). The number of anilines is 2. The molecule has 7 heteroatoms. The van der Waals surface area contributed by atoms with Gasteiger partial charge in [0, 0.05) is 11.8 Å². The molecule has 172 valence electrons. The molecule has 0 atom stereocenters. The fourth-order valence-corrected chi connectivity index (χ4v) is 4.70. The van der Waals surface area contributed by atoms with Crippen molar-refractivity contribution < 1.29 is 19.1 Å². The summed E-state index contributed by atoms with van der Waals surface area (Å²) in [5.74, 6) is 1.29. The van der Waals surface area contributed by atoms with Crippen molar-refractivity contribution in [3.05, 3.63) is 70.4 Å². The van der Waals surface area contributed by atoms with E-state index in [0.29, 0.717) is 33.7 Å². The molecule has 0 unspecified atom stereocenters. The molecule has 1 heterocycles. The molecule has 6 nitrogen and oxygen atoms in total. The van der Waals surface area contributed by atoms with Crippen LogP contribution in [0.1, 0.15) is 53.3 Å². The highest BCUT2D eigenvalue weighted by Gasteiger charge is 2.16. The number of benzene rings is 2. The molecule has 1 saturated carbocycles. The molecule has 0 bridgehead atoms. The smallest absolute Gasteiger partial charge is 0.265 e. The molecule has 2 aromatic carbocycles. The number of amides is 2. The number of thiophene rings is 1. The van der Waals surface area contributed by atoms with Crippen molar-refractivity contribution in [1.29, 1.82) is 0 Å². The number of hydrogen-bond donors (Lipinski definition) is 2. The van der Waals surface area contributed by atoms with E-state index < -0.39 is 0 Å². The van der Waals surface area contributed by atoms with Crippen LogP contribution in [0.25, 0.3) is 0 Å². The number of hydrogen-bond acceptors (Lipinski definition) is 5. The van der Waals surface area contributed by atoms with Crippen LogP contribution in [0.3, 0.4) is 0 Å². The molecule has 1 aromatic heterocycles. The molecule has 1 fully saturated rings. The lowest BCUT2D eigenvalue weighted by molar-refractivity contribution is -0.118. The van der Waals surface area contributed by atoms with Crippen molar-refractivity contribution in [2.24, 2.45) is 0 Å². The number of methoxy groups -OCH3 is 1. The summed E-state index contributed by atoms with van der Waals surface area (Å²) in [6, 6.07) is 16.7. The number of carbonyl (C=O) groups is 2. The summed E-state index contributed by atoms with van der Waals surface area (Å²) in [5.41, 5.74) is 2.44. The quantitative estimate of drug-likeness (QED) is 0.424. The first-order chi connectivity index (χ1) is 16.1. The lowest BCUT2D eigenvalue weighted by Gasteiger charge is -2.22. The normalized spacial score (nSPS) is 13.8. The summed E-state index contributed by atoms with van der Waals surface area (Å²) >= 11 is 1.36. The Bertz CT molecular complexity index is 1070. The first-order valence-corrected chi connectivity index (χ1v) is 12.1. The van der Waals surface area contributed by atoms with Gasteiger partial charge in [-0.3, -0.25) is 9.59 Å². The zero-order valence-electron chi connectivity index (χ0n) is 18.6. The molecule has 2 amide bonds. The molecule has 1 aliphatic carbocycles. The van der Waals surface area contributed by atoms with Crippen molar-refractivity contribution in [3.63, 3.8) is 0 Å². The Kier molecular flexibility index (Phi) is 7.62. The van der Waals surface area contributed by atoms with E-state index in [2.05, 4.69) is 22.8 Å².